The molecule has 0 aromatic carbocycles. The fourth-order valence-corrected chi connectivity index (χ4v) is 3.62. The van der Waals surface area contributed by atoms with Gasteiger partial charge in [0, 0.05) is 18.7 Å². The molecule has 144 valence electrons. The summed E-state index contributed by atoms with van der Waals surface area (Å²) in [6.45, 7) is 0. The number of carbonyl (C=O) groups is 2. The van der Waals surface area contributed by atoms with E-state index in [1.807, 2.05) is 0 Å². The van der Waals surface area contributed by atoms with E-state index >= 15 is 0 Å². The zero-order chi connectivity index (χ0) is 19.1. The highest BCUT2D eigenvalue weighted by Gasteiger charge is 2.22. The van der Waals surface area contributed by atoms with Gasteiger partial charge in [-0.25, -0.2) is 14.6 Å². The molecule has 8 heteroatoms. The number of hydrogen-bond donors (Lipinski definition) is 2. The highest BCUT2D eigenvalue weighted by Crippen LogP contribution is 2.28. The molecule has 1 amide bonds. The van der Waals surface area contributed by atoms with Crippen LogP contribution in [0.4, 0.5) is 0 Å². The molecule has 2 aromatic heterocycles. The SMILES string of the molecule is O=C(O)CCC(CC1CCCCC1)NC(=O)c1ccc(-n2cncn2)nc1. The van der Waals surface area contributed by atoms with E-state index in [2.05, 4.69) is 20.4 Å². The van der Waals surface area contributed by atoms with Crippen molar-refractivity contribution < 1.29 is 14.7 Å². The number of nitrogens with one attached hydrogen (secondary N) is 1. The summed E-state index contributed by atoms with van der Waals surface area (Å²) in [7, 11) is 0. The van der Waals surface area contributed by atoms with Gasteiger partial charge in [0.25, 0.3) is 5.91 Å². The van der Waals surface area contributed by atoms with Crippen molar-refractivity contribution in [3.8, 4) is 5.82 Å². The van der Waals surface area contributed by atoms with Crippen LogP contribution in [0.25, 0.3) is 5.82 Å². The van der Waals surface area contributed by atoms with Crippen molar-refractivity contribution in [1.82, 2.24) is 25.1 Å². The van der Waals surface area contributed by atoms with Gasteiger partial charge in [-0.2, -0.15) is 5.10 Å². The molecule has 1 atom stereocenters. The maximum absolute atomic E-state index is 12.6. The fourth-order valence-electron chi connectivity index (χ4n) is 3.62. The maximum Gasteiger partial charge on any atom is 0.303 e. The van der Waals surface area contributed by atoms with Crippen LogP contribution in [0.3, 0.4) is 0 Å². The molecule has 8 nitrogen and oxygen atoms in total. The van der Waals surface area contributed by atoms with Crippen LogP contribution in [0.5, 0.6) is 0 Å². The first kappa shape index (κ1) is 19.0. The van der Waals surface area contributed by atoms with Gasteiger partial charge in [-0.1, -0.05) is 32.1 Å². The van der Waals surface area contributed by atoms with E-state index in [9.17, 15) is 9.59 Å². The van der Waals surface area contributed by atoms with Crippen LogP contribution in [-0.2, 0) is 4.79 Å². The van der Waals surface area contributed by atoms with Crippen LogP contribution in [0, 0.1) is 5.92 Å². The predicted molar refractivity (Wildman–Crippen MR) is 98.5 cm³/mol. The molecule has 1 saturated carbocycles. The summed E-state index contributed by atoms with van der Waals surface area (Å²) in [5.74, 6) is 0.0786. The lowest BCUT2D eigenvalue weighted by molar-refractivity contribution is -0.137. The van der Waals surface area contributed by atoms with Crippen molar-refractivity contribution in [2.45, 2.75) is 57.4 Å². The fraction of sp³-hybridized carbons (Fsp3) is 0.526. The Morgan fingerprint density at radius 3 is 2.70 bits per heavy atom. The number of hydrogen-bond acceptors (Lipinski definition) is 5. The van der Waals surface area contributed by atoms with Gasteiger partial charge in [-0.15, -0.1) is 0 Å². The maximum atomic E-state index is 12.6. The molecule has 0 aliphatic heterocycles. The van der Waals surface area contributed by atoms with Crippen molar-refractivity contribution >= 4 is 11.9 Å². The molecule has 0 radical (unpaired) electrons. The van der Waals surface area contributed by atoms with Gasteiger partial charge in [0.1, 0.15) is 12.7 Å². The molecule has 1 unspecified atom stereocenters. The number of pyridine rings is 1. The number of carboxylic acid groups (broad SMARTS) is 1. The van der Waals surface area contributed by atoms with E-state index in [0.29, 0.717) is 23.7 Å². The van der Waals surface area contributed by atoms with E-state index in [1.54, 1.807) is 12.1 Å². The highest BCUT2D eigenvalue weighted by molar-refractivity contribution is 5.94. The Bertz CT molecular complexity index is 739. The van der Waals surface area contributed by atoms with Crippen LogP contribution < -0.4 is 5.32 Å². The third-order valence-electron chi connectivity index (χ3n) is 5.05. The summed E-state index contributed by atoms with van der Waals surface area (Å²) in [6.07, 6.45) is 11.8. The lowest BCUT2D eigenvalue weighted by Gasteiger charge is -2.27. The topological polar surface area (TPSA) is 110 Å². The van der Waals surface area contributed by atoms with Crippen LogP contribution >= 0.6 is 0 Å². The second-order valence-electron chi connectivity index (χ2n) is 7.09. The third-order valence-corrected chi connectivity index (χ3v) is 5.05. The number of rotatable bonds is 8. The smallest absolute Gasteiger partial charge is 0.303 e. The summed E-state index contributed by atoms with van der Waals surface area (Å²) in [4.78, 5) is 31.7. The molecule has 2 heterocycles. The normalized spacial score (nSPS) is 16.0. The van der Waals surface area contributed by atoms with Gasteiger partial charge in [0.15, 0.2) is 5.82 Å². The summed E-state index contributed by atoms with van der Waals surface area (Å²) in [5, 5.41) is 16.0. The van der Waals surface area contributed by atoms with E-state index in [4.69, 9.17) is 5.11 Å². The molecule has 27 heavy (non-hydrogen) atoms. The zero-order valence-corrected chi connectivity index (χ0v) is 15.3. The average molecular weight is 371 g/mol. The molecule has 1 aliphatic carbocycles. The number of carbonyl (C=O) groups excluding carboxylic acids is 1. The first-order valence-electron chi connectivity index (χ1n) is 9.45. The summed E-state index contributed by atoms with van der Waals surface area (Å²) in [6, 6.07) is 3.26. The molecule has 3 rings (SSSR count). The van der Waals surface area contributed by atoms with Crippen LogP contribution in [0.15, 0.2) is 31.0 Å². The van der Waals surface area contributed by atoms with E-state index < -0.39 is 5.97 Å². The minimum atomic E-state index is -0.836. The minimum Gasteiger partial charge on any atom is -0.481 e. The molecule has 1 aliphatic rings. The molecule has 2 aromatic rings. The Kier molecular flexibility index (Phi) is 6.51. The Morgan fingerprint density at radius 2 is 2.07 bits per heavy atom. The second kappa shape index (κ2) is 9.25. The van der Waals surface area contributed by atoms with Gasteiger partial charge in [-0.3, -0.25) is 9.59 Å². The molecule has 1 fully saturated rings. The van der Waals surface area contributed by atoms with Crippen molar-refractivity contribution in [2.24, 2.45) is 5.92 Å². The molecule has 0 spiro atoms. The molecule has 0 bridgehead atoms. The molecular formula is C19H25N5O3. The van der Waals surface area contributed by atoms with Gasteiger partial charge in [0.05, 0.1) is 5.56 Å². The number of aromatic nitrogens is 4. The average Bonchev–Trinajstić information content (AvgIpc) is 3.22. The summed E-state index contributed by atoms with van der Waals surface area (Å²) >= 11 is 0. The van der Waals surface area contributed by atoms with Gasteiger partial charge >= 0.3 is 5.97 Å². The van der Waals surface area contributed by atoms with Crippen LogP contribution in [0.2, 0.25) is 0 Å². The first-order chi connectivity index (χ1) is 13.1. The van der Waals surface area contributed by atoms with E-state index in [-0.39, 0.29) is 18.4 Å². The van der Waals surface area contributed by atoms with E-state index in [1.165, 1.54) is 42.8 Å². The summed E-state index contributed by atoms with van der Waals surface area (Å²) < 4.78 is 1.51. The number of nitrogens with zero attached hydrogens (tertiary/aromatic N) is 4. The monoisotopic (exact) mass is 371 g/mol. The second-order valence-corrected chi connectivity index (χ2v) is 7.09. The van der Waals surface area contributed by atoms with Crippen molar-refractivity contribution in [1.29, 1.82) is 0 Å². The largest absolute Gasteiger partial charge is 0.481 e. The lowest BCUT2D eigenvalue weighted by atomic mass is 9.84. The van der Waals surface area contributed by atoms with Crippen molar-refractivity contribution in [3.63, 3.8) is 0 Å². The van der Waals surface area contributed by atoms with Gasteiger partial charge in [-0.05, 0) is 30.9 Å². The van der Waals surface area contributed by atoms with Crippen LogP contribution in [0.1, 0.15) is 61.7 Å². The number of amides is 1. The Labute approximate surface area is 158 Å². The van der Waals surface area contributed by atoms with Gasteiger partial charge in [0.2, 0.25) is 0 Å². The lowest BCUT2D eigenvalue weighted by Crippen LogP contribution is -2.37. The van der Waals surface area contributed by atoms with Gasteiger partial charge < -0.3 is 10.4 Å². The standard InChI is InChI=1S/C19H25N5O3/c25-18(26)9-7-16(10-14-4-2-1-3-5-14)23-19(27)15-6-8-17(21-11-15)24-13-20-12-22-24/h6,8,11-14,16H,1-5,7,9-10H2,(H,23,27)(H,25,26). The third kappa shape index (κ3) is 5.60. The quantitative estimate of drug-likeness (QED) is 0.738. The molecule has 0 saturated heterocycles. The minimum absolute atomic E-state index is 0.0567. The van der Waals surface area contributed by atoms with Crippen LogP contribution in [-0.4, -0.2) is 42.8 Å². The summed E-state index contributed by atoms with van der Waals surface area (Å²) in [5.41, 5.74) is 0.447. The predicted octanol–water partition coefficient (Wildman–Crippen LogP) is 2.60. The number of aliphatic carboxylic acids is 1. The zero-order valence-electron chi connectivity index (χ0n) is 15.3. The number of carboxylic acids is 1. The Morgan fingerprint density at radius 1 is 1.26 bits per heavy atom. The van der Waals surface area contributed by atoms with Crippen molar-refractivity contribution in [2.75, 3.05) is 0 Å². The molecule has 2 N–H and O–H groups in total. The Balaban J connectivity index is 1.62. The molecular weight excluding hydrogens is 346 g/mol. The highest BCUT2D eigenvalue weighted by atomic mass is 16.4. The van der Waals surface area contributed by atoms with E-state index in [0.717, 1.165) is 19.3 Å². The van der Waals surface area contributed by atoms with Crippen molar-refractivity contribution in [3.05, 3.63) is 36.5 Å². The Hall–Kier alpha value is -2.77. The first-order valence-corrected chi connectivity index (χ1v) is 9.45.